The third kappa shape index (κ3) is 3.95. The maximum Gasteiger partial charge on any atom is 0.306 e. The smallest absolute Gasteiger partial charge is 0.306 e. The molecule has 3 N–H and O–H groups in total. The molecule has 0 spiro atoms. The number of carboxylic acids is 1. The minimum absolute atomic E-state index is 0.0455. The number of hydrogen-bond donors (Lipinski definition) is 3. The standard InChI is InChI=1S/C14H27NO3/c1-3-14(4-2,10-16)9-15-12-7-5-6-11(8-12)13(17)18/h11-12,15-16H,3-10H2,1-2H3,(H,17,18). The number of nitrogens with one attached hydrogen (secondary N) is 1. The van der Waals surface area contributed by atoms with Crippen molar-refractivity contribution in [2.45, 2.75) is 58.4 Å². The molecule has 1 aliphatic carbocycles. The molecule has 0 aliphatic heterocycles. The Bertz CT molecular complexity index is 256. The lowest BCUT2D eigenvalue weighted by Crippen LogP contribution is -2.44. The van der Waals surface area contributed by atoms with Gasteiger partial charge in [0, 0.05) is 24.6 Å². The summed E-state index contributed by atoms with van der Waals surface area (Å²) in [5.41, 5.74) is -0.0455. The van der Waals surface area contributed by atoms with Crippen molar-refractivity contribution in [3.63, 3.8) is 0 Å². The topological polar surface area (TPSA) is 69.6 Å². The maximum atomic E-state index is 11.0. The van der Waals surface area contributed by atoms with E-state index < -0.39 is 5.97 Å². The highest BCUT2D eigenvalue weighted by molar-refractivity contribution is 5.70. The lowest BCUT2D eigenvalue weighted by atomic mass is 9.81. The number of rotatable bonds is 7. The van der Waals surface area contributed by atoms with E-state index in [9.17, 15) is 9.90 Å². The quantitative estimate of drug-likeness (QED) is 0.652. The predicted octanol–water partition coefficient (Wildman–Crippen LogP) is 2.02. The summed E-state index contributed by atoms with van der Waals surface area (Å²) in [7, 11) is 0. The summed E-state index contributed by atoms with van der Waals surface area (Å²) in [6, 6.07) is 0.295. The van der Waals surface area contributed by atoms with Crippen LogP contribution in [-0.4, -0.2) is 35.4 Å². The second-order valence-electron chi connectivity index (χ2n) is 5.64. The van der Waals surface area contributed by atoms with Crippen molar-refractivity contribution in [3.05, 3.63) is 0 Å². The zero-order valence-corrected chi connectivity index (χ0v) is 11.6. The van der Waals surface area contributed by atoms with Crippen LogP contribution in [0.2, 0.25) is 0 Å². The Morgan fingerprint density at radius 3 is 2.50 bits per heavy atom. The van der Waals surface area contributed by atoms with Gasteiger partial charge in [-0.1, -0.05) is 20.3 Å². The second kappa shape index (κ2) is 7.10. The van der Waals surface area contributed by atoms with E-state index in [1.165, 1.54) is 0 Å². The number of carbonyl (C=O) groups is 1. The molecular weight excluding hydrogens is 230 g/mol. The molecule has 0 aromatic rings. The minimum Gasteiger partial charge on any atom is -0.481 e. The number of hydrogen-bond acceptors (Lipinski definition) is 3. The lowest BCUT2D eigenvalue weighted by molar-refractivity contribution is -0.143. The van der Waals surface area contributed by atoms with Gasteiger partial charge in [0.25, 0.3) is 0 Å². The molecular formula is C14H27NO3. The van der Waals surface area contributed by atoms with Gasteiger partial charge < -0.3 is 15.5 Å². The van der Waals surface area contributed by atoms with Crippen LogP contribution in [0.15, 0.2) is 0 Å². The molecule has 4 heteroatoms. The SMILES string of the molecule is CCC(CC)(CO)CNC1CCCC(C(=O)O)C1. The van der Waals surface area contributed by atoms with Crippen molar-refractivity contribution in [1.29, 1.82) is 0 Å². The highest BCUT2D eigenvalue weighted by atomic mass is 16.4. The number of carboxylic acid groups (broad SMARTS) is 1. The molecule has 106 valence electrons. The van der Waals surface area contributed by atoms with E-state index in [-0.39, 0.29) is 17.9 Å². The molecule has 0 radical (unpaired) electrons. The fourth-order valence-corrected chi connectivity index (χ4v) is 2.74. The summed E-state index contributed by atoms with van der Waals surface area (Å²) < 4.78 is 0. The van der Waals surface area contributed by atoms with Crippen LogP contribution in [0.25, 0.3) is 0 Å². The van der Waals surface area contributed by atoms with Gasteiger partial charge >= 0.3 is 5.97 Å². The van der Waals surface area contributed by atoms with Crippen LogP contribution in [0.3, 0.4) is 0 Å². The van der Waals surface area contributed by atoms with Gasteiger partial charge in [0.05, 0.1) is 5.92 Å². The third-order valence-electron chi connectivity index (χ3n) is 4.62. The van der Waals surface area contributed by atoms with Gasteiger partial charge in [0.2, 0.25) is 0 Å². The van der Waals surface area contributed by atoms with Crippen LogP contribution in [0.1, 0.15) is 52.4 Å². The van der Waals surface area contributed by atoms with Crippen LogP contribution in [-0.2, 0) is 4.79 Å². The van der Waals surface area contributed by atoms with E-state index >= 15 is 0 Å². The summed E-state index contributed by atoms with van der Waals surface area (Å²) in [5.74, 6) is -0.857. The summed E-state index contributed by atoms with van der Waals surface area (Å²) in [4.78, 5) is 11.0. The average molecular weight is 257 g/mol. The first kappa shape index (κ1) is 15.4. The Hall–Kier alpha value is -0.610. The van der Waals surface area contributed by atoms with Crippen molar-refractivity contribution < 1.29 is 15.0 Å². The molecule has 1 rings (SSSR count). The van der Waals surface area contributed by atoms with Crippen LogP contribution < -0.4 is 5.32 Å². The van der Waals surface area contributed by atoms with Crippen LogP contribution in [0, 0.1) is 11.3 Å². The normalized spacial score (nSPS) is 25.1. The van der Waals surface area contributed by atoms with E-state index in [2.05, 4.69) is 19.2 Å². The monoisotopic (exact) mass is 257 g/mol. The van der Waals surface area contributed by atoms with Gasteiger partial charge in [-0.3, -0.25) is 4.79 Å². The number of aliphatic hydroxyl groups excluding tert-OH is 1. The third-order valence-corrected chi connectivity index (χ3v) is 4.62. The van der Waals surface area contributed by atoms with Gasteiger partial charge in [-0.15, -0.1) is 0 Å². The lowest BCUT2D eigenvalue weighted by Gasteiger charge is -2.34. The van der Waals surface area contributed by atoms with Crippen LogP contribution >= 0.6 is 0 Å². The van der Waals surface area contributed by atoms with E-state index in [0.29, 0.717) is 6.04 Å². The fourth-order valence-electron chi connectivity index (χ4n) is 2.74. The Balaban J connectivity index is 2.45. The summed E-state index contributed by atoms with van der Waals surface area (Å²) in [5, 5.41) is 22.0. The van der Waals surface area contributed by atoms with Gasteiger partial charge in [-0.05, 0) is 32.1 Å². The van der Waals surface area contributed by atoms with Crippen LogP contribution in [0.5, 0.6) is 0 Å². The highest BCUT2D eigenvalue weighted by Crippen LogP contribution is 2.28. The van der Waals surface area contributed by atoms with Gasteiger partial charge in [-0.2, -0.15) is 0 Å². The van der Waals surface area contributed by atoms with Gasteiger partial charge in [0.1, 0.15) is 0 Å². The molecule has 0 heterocycles. The van der Waals surface area contributed by atoms with Crippen LogP contribution in [0.4, 0.5) is 0 Å². The molecule has 0 bridgehead atoms. The molecule has 0 saturated heterocycles. The largest absolute Gasteiger partial charge is 0.481 e. The van der Waals surface area contributed by atoms with E-state index in [1.807, 2.05) is 0 Å². The van der Waals surface area contributed by atoms with Crippen molar-refractivity contribution in [3.8, 4) is 0 Å². The number of aliphatic carboxylic acids is 1. The Labute approximate surface area is 110 Å². The molecule has 1 fully saturated rings. The molecule has 0 aromatic heterocycles. The Morgan fingerprint density at radius 1 is 1.33 bits per heavy atom. The molecule has 18 heavy (non-hydrogen) atoms. The van der Waals surface area contributed by atoms with Crippen molar-refractivity contribution in [2.24, 2.45) is 11.3 Å². The first-order valence-electron chi connectivity index (χ1n) is 7.14. The predicted molar refractivity (Wildman–Crippen MR) is 71.5 cm³/mol. The molecule has 0 aromatic carbocycles. The maximum absolute atomic E-state index is 11.0. The Kier molecular flexibility index (Phi) is 6.09. The molecule has 1 aliphatic rings. The summed E-state index contributed by atoms with van der Waals surface area (Å²) in [6.45, 7) is 5.18. The second-order valence-corrected chi connectivity index (χ2v) is 5.64. The fraction of sp³-hybridized carbons (Fsp3) is 0.929. The summed E-state index contributed by atoms with van der Waals surface area (Å²) in [6.07, 6.45) is 5.46. The summed E-state index contributed by atoms with van der Waals surface area (Å²) >= 11 is 0. The van der Waals surface area contributed by atoms with E-state index in [1.54, 1.807) is 0 Å². The van der Waals surface area contributed by atoms with E-state index in [0.717, 1.165) is 45.1 Å². The minimum atomic E-state index is -0.666. The molecule has 1 saturated carbocycles. The zero-order valence-electron chi connectivity index (χ0n) is 11.6. The van der Waals surface area contributed by atoms with Gasteiger partial charge in [-0.25, -0.2) is 0 Å². The zero-order chi connectivity index (χ0) is 13.6. The van der Waals surface area contributed by atoms with Crippen molar-refractivity contribution in [1.82, 2.24) is 5.32 Å². The molecule has 2 atom stereocenters. The van der Waals surface area contributed by atoms with E-state index in [4.69, 9.17) is 5.11 Å². The molecule has 0 amide bonds. The molecule has 2 unspecified atom stereocenters. The van der Waals surface area contributed by atoms with Gasteiger partial charge in [0.15, 0.2) is 0 Å². The number of aliphatic hydroxyl groups is 1. The first-order chi connectivity index (χ1) is 8.56. The van der Waals surface area contributed by atoms with Crippen molar-refractivity contribution in [2.75, 3.05) is 13.2 Å². The first-order valence-corrected chi connectivity index (χ1v) is 7.14. The Morgan fingerprint density at radius 2 is 2.00 bits per heavy atom. The molecule has 4 nitrogen and oxygen atoms in total. The van der Waals surface area contributed by atoms with Crippen molar-refractivity contribution >= 4 is 5.97 Å². The highest BCUT2D eigenvalue weighted by Gasteiger charge is 2.30. The average Bonchev–Trinajstić information content (AvgIpc) is 2.41.